The summed E-state index contributed by atoms with van der Waals surface area (Å²) in [5.41, 5.74) is 6.74. The van der Waals surface area contributed by atoms with Gasteiger partial charge in [-0.15, -0.1) is 0 Å². The molecule has 0 amide bonds. The second kappa shape index (κ2) is 5.89. The summed E-state index contributed by atoms with van der Waals surface area (Å²) in [6, 6.07) is 4.21. The van der Waals surface area contributed by atoms with E-state index in [0.717, 1.165) is 6.42 Å². The van der Waals surface area contributed by atoms with E-state index >= 15 is 0 Å². The third kappa shape index (κ3) is 3.11. The number of hydrogen-bond acceptors (Lipinski definition) is 4. The van der Waals surface area contributed by atoms with Crippen LogP contribution in [0.1, 0.15) is 31.9 Å². The van der Waals surface area contributed by atoms with Crippen molar-refractivity contribution in [2.45, 2.75) is 32.4 Å². The first kappa shape index (κ1) is 13.8. The zero-order valence-electron chi connectivity index (χ0n) is 10.6. The Morgan fingerprint density at radius 2 is 2.06 bits per heavy atom. The summed E-state index contributed by atoms with van der Waals surface area (Å²) in [4.78, 5) is 0. The highest BCUT2D eigenvalue weighted by Gasteiger charge is 2.24. The molecule has 4 nitrogen and oxygen atoms in total. The van der Waals surface area contributed by atoms with E-state index in [1.807, 2.05) is 13.8 Å². The van der Waals surface area contributed by atoms with Gasteiger partial charge in [-0.1, -0.05) is 20.3 Å². The highest BCUT2D eigenvalue weighted by molar-refractivity contribution is 5.42. The highest BCUT2D eigenvalue weighted by Crippen LogP contribution is 2.31. The minimum absolute atomic E-state index is 0.114. The van der Waals surface area contributed by atoms with Crippen molar-refractivity contribution < 1.29 is 14.9 Å². The fourth-order valence-electron chi connectivity index (χ4n) is 1.75. The van der Waals surface area contributed by atoms with Crippen LogP contribution in [0.2, 0.25) is 0 Å². The van der Waals surface area contributed by atoms with Crippen LogP contribution < -0.4 is 10.5 Å². The van der Waals surface area contributed by atoms with Gasteiger partial charge < -0.3 is 20.7 Å². The first-order valence-corrected chi connectivity index (χ1v) is 5.81. The lowest BCUT2D eigenvalue weighted by molar-refractivity contribution is 0.0870. The van der Waals surface area contributed by atoms with Gasteiger partial charge in [0.05, 0.1) is 19.3 Å². The quantitative estimate of drug-likeness (QED) is 0.732. The highest BCUT2D eigenvalue weighted by atomic mass is 16.5. The standard InChI is InChI=1S/C13H21NO3/c1-4-8(2)13(16)12(14)10-6-5-9(15)7-11(10)17-3/h5-8,12-13,15-16H,4,14H2,1-3H3/t8?,12-,13+/m1/s1. The second-order valence-corrected chi connectivity index (χ2v) is 4.33. The van der Waals surface area contributed by atoms with Gasteiger partial charge in [0.1, 0.15) is 11.5 Å². The van der Waals surface area contributed by atoms with Crippen LogP contribution in [0.3, 0.4) is 0 Å². The number of aliphatic hydroxyl groups excluding tert-OH is 1. The molecule has 1 unspecified atom stereocenters. The smallest absolute Gasteiger partial charge is 0.127 e. The van der Waals surface area contributed by atoms with Crippen LogP contribution in [0.4, 0.5) is 0 Å². The molecular formula is C13H21NO3. The Hall–Kier alpha value is -1.26. The summed E-state index contributed by atoms with van der Waals surface area (Å²) < 4.78 is 5.16. The molecule has 3 atom stereocenters. The molecule has 0 bridgehead atoms. The largest absolute Gasteiger partial charge is 0.508 e. The van der Waals surface area contributed by atoms with Gasteiger partial charge in [-0.3, -0.25) is 0 Å². The molecule has 0 aliphatic heterocycles. The summed E-state index contributed by atoms with van der Waals surface area (Å²) in [7, 11) is 1.51. The van der Waals surface area contributed by atoms with Crippen molar-refractivity contribution in [1.82, 2.24) is 0 Å². The van der Waals surface area contributed by atoms with Crippen molar-refractivity contribution >= 4 is 0 Å². The molecule has 0 aliphatic rings. The van der Waals surface area contributed by atoms with Gasteiger partial charge in [-0.05, 0) is 18.1 Å². The fourth-order valence-corrected chi connectivity index (χ4v) is 1.75. The maximum Gasteiger partial charge on any atom is 0.127 e. The average molecular weight is 239 g/mol. The van der Waals surface area contributed by atoms with E-state index in [-0.39, 0.29) is 11.7 Å². The summed E-state index contributed by atoms with van der Waals surface area (Å²) >= 11 is 0. The molecule has 0 heterocycles. The molecule has 1 aromatic carbocycles. The van der Waals surface area contributed by atoms with Gasteiger partial charge in [0, 0.05) is 11.6 Å². The van der Waals surface area contributed by atoms with Gasteiger partial charge in [0.15, 0.2) is 0 Å². The Bertz CT molecular complexity index is 368. The first-order chi connectivity index (χ1) is 8.01. The van der Waals surface area contributed by atoms with Crippen LogP contribution >= 0.6 is 0 Å². The molecule has 0 saturated carbocycles. The third-order valence-corrected chi connectivity index (χ3v) is 3.17. The monoisotopic (exact) mass is 239 g/mol. The zero-order chi connectivity index (χ0) is 13.0. The van der Waals surface area contributed by atoms with Crippen LogP contribution in [0.15, 0.2) is 18.2 Å². The molecule has 0 fully saturated rings. The number of methoxy groups -OCH3 is 1. The third-order valence-electron chi connectivity index (χ3n) is 3.17. The van der Waals surface area contributed by atoms with Gasteiger partial charge in [-0.2, -0.15) is 0 Å². The van der Waals surface area contributed by atoms with E-state index in [4.69, 9.17) is 10.5 Å². The number of aliphatic hydroxyl groups is 1. The number of phenolic OH excluding ortho intramolecular Hbond substituents is 1. The number of aromatic hydroxyl groups is 1. The Balaban J connectivity index is 2.99. The number of rotatable bonds is 5. The lowest BCUT2D eigenvalue weighted by atomic mass is 9.91. The van der Waals surface area contributed by atoms with E-state index < -0.39 is 12.1 Å². The molecule has 4 N–H and O–H groups in total. The van der Waals surface area contributed by atoms with Crippen LogP contribution in [-0.4, -0.2) is 23.4 Å². The van der Waals surface area contributed by atoms with E-state index in [9.17, 15) is 10.2 Å². The SMILES string of the molecule is CCC(C)[C@H](O)[C@H](N)c1ccc(O)cc1OC. The van der Waals surface area contributed by atoms with Crippen LogP contribution in [0.25, 0.3) is 0 Å². The van der Waals surface area contributed by atoms with Crippen molar-refractivity contribution in [1.29, 1.82) is 0 Å². The number of hydrogen-bond donors (Lipinski definition) is 3. The zero-order valence-corrected chi connectivity index (χ0v) is 10.6. The van der Waals surface area contributed by atoms with E-state index in [0.29, 0.717) is 11.3 Å². The number of phenols is 1. The summed E-state index contributed by atoms with van der Waals surface area (Å²) in [5.74, 6) is 0.735. The molecule has 1 rings (SSSR count). The number of nitrogens with two attached hydrogens (primary N) is 1. The Labute approximate surface area is 102 Å². The average Bonchev–Trinajstić information content (AvgIpc) is 2.35. The number of ether oxygens (including phenoxy) is 1. The van der Waals surface area contributed by atoms with E-state index in [1.54, 1.807) is 12.1 Å². The van der Waals surface area contributed by atoms with Crippen molar-refractivity contribution in [3.8, 4) is 11.5 Å². The summed E-state index contributed by atoms with van der Waals surface area (Å²) in [5, 5.41) is 19.4. The Morgan fingerprint density at radius 3 is 2.59 bits per heavy atom. The topological polar surface area (TPSA) is 75.7 Å². The van der Waals surface area contributed by atoms with Gasteiger partial charge in [0.2, 0.25) is 0 Å². The minimum Gasteiger partial charge on any atom is -0.508 e. The molecule has 17 heavy (non-hydrogen) atoms. The predicted molar refractivity (Wildman–Crippen MR) is 67.0 cm³/mol. The Kier molecular flexibility index (Phi) is 4.78. The van der Waals surface area contributed by atoms with Crippen LogP contribution in [-0.2, 0) is 0 Å². The van der Waals surface area contributed by atoms with Crippen molar-refractivity contribution in [2.24, 2.45) is 11.7 Å². The number of benzene rings is 1. The minimum atomic E-state index is -0.626. The Morgan fingerprint density at radius 1 is 1.41 bits per heavy atom. The molecule has 4 heteroatoms. The molecule has 1 aromatic rings. The second-order valence-electron chi connectivity index (χ2n) is 4.33. The van der Waals surface area contributed by atoms with Gasteiger partial charge >= 0.3 is 0 Å². The van der Waals surface area contributed by atoms with Crippen molar-refractivity contribution in [3.05, 3.63) is 23.8 Å². The molecule has 0 aliphatic carbocycles. The predicted octanol–water partition coefficient (Wildman–Crippen LogP) is 1.81. The van der Waals surface area contributed by atoms with Gasteiger partial charge in [-0.25, -0.2) is 0 Å². The lowest BCUT2D eigenvalue weighted by Crippen LogP contribution is -2.31. The van der Waals surface area contributed by atoms with Crippen LogP contribution in [0.5, 0.6) is 11.5 Å². The van der Waals surface area contributed by atoms with Crippen molar-refractivity contribution in [2.75, 3.05) is 7.11 Å². The van der Waals surface area contributed by atoms with E-state index in [1.165, 1.54) is 13.2 Å². The molecule has 0 spiro atoms. The maximum absolute atomic E-state index is 10.1. The van der Waals surface area contributed by atoms with Crippen molar-refractivity contribution in [3.63, 3.8) is 0 Å². The fraction of sp³-hybridized carbons (Fsp3) is 0.538. The molecule has 0 aromatic heterocycles. The summed E-state index contributed by atoms with van der Waals surface area (Å²) in [6.45, 7) is 3.96. The summed E-state index contributed by atoms with van der Waals surface area (Å²) in [6.07, 6.45) is 0.230. The first-order valence-electron chi connectivity index (χ1n) is 5.81. The van der Waals surface area contributed by atoms with Gasteiger partial charge in [0.25, 0.3) is 0 Å². The molecule has 0 saturated heterocycles. The lowest BCUT2D eigenvalue weighted by Gasteiger charge is -2.25. The molecule has 96 valence electrons. The normalized spacial score (nSPS) is 16.3. The molecular weight excluding hydrogens is 218 g/mol. The maximum atomic E-state index is 10.1. The van der Waals surface area contributed by atoms with Crippen LogP contribution in [0, 0.1) is 5.92 Å². The van der Waals surface area contributed by atoms with E-state index in [2.05, 4.69) is 0 Å². The molecule has 0 radical (unpaired) electrons.